The zero-order valence-corrected chi connectivity index (χ0v) is 11.4. The van der Waals surface area contributed by atoms with Crippen molar-refractivity contribution >= 4 is 0 Å². The van der Waals surface area contributed by atoms with Gasteiger partial charge in [0.25, 0.3) is 0 Å². The van der Waals surface area contributed by atoms with Crippen LogP contribution in [0, 0.1) is 17.8 Å². The van der Waals surface area contributed by atoms with Crippen LogP contribution in [0.4, 0.5) is 0 Å². The van der Waals surface area contributed by atoms with Crippen molar-refractivity contribution < 1.29 is 0 Å². The summed E-state index contributed by atoms with van der Waals surface area (Å²) in [6.45, 7) is 11.5. The summed E-state index contributed by atoms with van der Waals surface area (Å²) in [5.74, 6) is 2.68. The Kier molecular flexibility index (Phi) is 8.85. The van der Waals surface area contributed by atoms with E-state index in [0.717, 1.165) is 17.8 Å². The quantitative estimate of drug-likeness (QED) is 0.369. The van der Waals surface area contributed by atoms with Crippen LogP contribution in [0.25, 0.3) is 0 Å². The lowest BCUT2D eigenvalue weighted by atomic mass is 9.84. The van der Waals surface area contributed by atoms with Crippen LogP contribution in [0.5, 0.6) is 0 Å². The van der Waals surface area contributed by atoms with Crippen molar-refractivity contribution in [1.29, 1.82) is 0 Å². The van der Waals surface area contributed by atoms with E-state index in [1.165, 1.54) is 32.1 Å². The molecular weight excluding hydrogens is 180 g/mol. The molecule has 0 aliphatic heterocycles. The molecule has 90 valence electrons. The highest BCUT2D eigenvalue weighted by Crippen LogP contribution is 2.25. The largest absolute Gasteiger partial charge is 0.0917 e. The van der Waals surface area contributed by atoms with Crippen LogP contribution < -0.4 is 0 Å². The molecule has 0 rings (SSSR count). The number of allylic oxidation sites excluding steroid dienone is 2. The fraction of sp³-hybridized carbons (Fsp3) is 0.867. The minimum atomic E-state index is 0.842. The van der Waals surface area contributed by atoms with Gasteiger partial charge < -0.3 is 0 Å². The number of hydrogen-bond donors (Lipinski definition) is 0. The average Bonchev–Trinajstić information content (AvgIpc) is 2.22. The Bertz CT molecular complexity index is 155. The third-order valence-corrected chi connectivity index (χ3v) is 3.64. The smallest absolute Gasteiger partial charge is 0.0351 e. The Morgan fingerprint density at radius 2 is 1.80 bits per heavy atom. The molecule has 2 unspecified atom stereocenters. The standard InChI is InChI=1S/C15H30/c1-6-8-9-10-11-15(7-2)12-14(5)13(3)4/h6,8,13-15H,7,9-12H2,1-5H3. The number of unbranched alkanes of at least 4 members (excludes halogenated alkanes) is 1. The molecule has 0 spiro atoms. The molecule has 0 aromatic rings. The van der Waals surface area contributed by atoms with E-state index in [2.05, 4.69) is 46.8 Å². The lowest BCUT2D eigenvalue weighted by Gasteiger charge is -2.22. The van der Waals surface area contributed by atoms with Gasteiger partial charge in [-0.3, -0.25) is 0 Å². The Labute approximate surface area is 97.2 Å². The highest BCUT2D eigenvalue weighted by molar-refractivity contribution is 4.77. The lowest BCUT2D eigenvalue weighted by Crippen LogP contribution is -2.10. The first kappa shape index (κ1) is 14.7. The van der Waals surface area contributed by atoms with Gasteiger partial charge in [0, 0.05) is 0 Å². The molecule has 0 fully saturated rings. The van der Waals surface area contributed by atoms with Crippen LogP contribution in [-0.2, 0) is 0 Å². The molecule has 0 saturated heterocycles. The van der Waals surface area contributed by atoms with Gasteiger partial charge in [-0.25, -0.2) is 0 Å². The van der Waals surface area contributed by atoms with Gasteiger partial charge in [-0.2, -0.15) is 0 Å². The van der Waals surface area contributed by atoms with Crippen molar-refractivity contribution in [2.75, 3.05) is 0 Å². The Balaban J connectivity index is 3.72. The molecule has 2 atom stereocenters. The van der Waals surface area contributed by atoms with Crippen LogP contribution >= 0.6 is 0 Å². The summed E-state index contributed by atoms with van der Waals surface area (Å²) in [6.07, 6.45) is 11.3. The third-order valence-electron chi connectivity index (χ3n) is 3.64. The van der Waals surface area contributed by atoms with Gasteiger partial charge in [0.05, 0.1) is 0 Å². The molecule has 0 nitrogen and oxygen atoms in total. The molecule has 0 bridgehead atoms. The minimum absolute atomic E-state index is 0.842. The van der Waals surface area contributed by atoms with Crippen LogP contribution in [0.3, 0.4) is 0 Å². The van der Waals surface area contributed by atoms with E-state index >= 15 is 0 Å². The van der Waals surface area contributed by atoms with E-state index in [1.54, 1.807) is 0 Å². The van der Waals surface area contributed by atoms with Crippen LogP contribution in [0.1, 0.15) is 66.7 Å². The van der Waals surface area contributed by atoms with E-state index < -0.39 is 0 Å². The molecule has 0 amide bonds. The van der Waals surface area contributed by atoms with Gasteiger partial charge in [-0.15, -0.1) is 0 Å². The summed E-state index contributed by atoms with van der Waals surface area (Å²) >= 11 is 0. The molecular formula is C15H30. The van der Waals surface area contributed by atoms with Crippen molar-refractivity contribution in [1.82, 2.24) is 0 Å². The summed E-state index contributed by atoms with van der Waals surface area (Å²) in [6, 6.07) is 0. The van der Waals surface area contributed by atoms with Crippen molar-refractivity contribution in [3.05, 3.63) is 12.2 Å². The number of rotatable bonds is 8. The van der Waals surface area contributed by atoms with Crippen molar-refractivity contribution in [2.24, 2.45) is 17.8 Å². The zero-order valence-electron chi connectivity index (χ0n) is 11.4. The summed E-state index contributed by atoms with van der Waals surface area (Å²) in [7, 11) is 0. The maximum atomic E-state index is 2.40. The third kappa shape index (κ3) is 7.64. The fourth-order valence-electron chi connectivity index (χ4n) is 1.98. The first-order valence-electron chi connectivity index (χ1n) is 6.72. The fourth-order valence-corrected chi connectivity index (χ4v) is 1.98. The SMILES string of the molecule is CC=CCCCC(CC)CC(C)C(C)C. The second-order valence-corrected chi connectivity index (χ2v) is 5.23. The van der Waals surface area contributed by atoms with Crippen LogP contribution in [0.2, 0.25) is 0 Å². The maximum Gasteiger partial charge on any atom is -0.0351 e. The van der Waals surface area contributed by atoms with Gasteiger partial charge in [0.1, 0.15) is 0 Å². The van der Waals surface area contributed by atoms with E-state index in [0.29, 0.717) is 0 Å². The van der Waals surface area contributed by atoms with Gasteiger partial charge in [-0.1, -0.05) is 52.7 Å². The average molecular weight is 210 g/mol. The highest BCUT2D eigenvalue weighted by Gasteiger charge is 2.13. The maximum absolute atomic E-state index is 2.40. The molecule has 0 heterocycles. The Morgan fingerprint density at radius 3 is 2.27 bits per heavy atom. The summed E-state index contributed by atoms with van der Waals surface area (Å²) in [5.41, 5.74) is 0. The van der Waals surface area contributed by atoms with E-state index in [9.17, 15) is 0 Å². The molecule has 0 saturated carbocycles. The molecule has 0 aromatic heterocycles. The van der Waals surface area contributed by atoms with Gasteiger partial charge in [0.2, 0.25) is 0 Å². The van der Waals surface area contributed by atoms with Crippen LogP contribution in [-0.4, -0.2) is 0 Å². The van der Waals surface area contributed by atoms with Crippen molar-refractivity contribution in [2.45, 2.75) is 66.7 Å². The topological polar surface area (TPSA) is 0 Å². The van der Waals surface area contributed by atoms with Gasteiger partial charge in [-0.05, 0) is 43.9 Å². The van der Waals surface area contributed by atoms with E-state index in [4.69, 9.17) is 0 Å². The monoisotopic (exact) mass is 210 g/mol. The molecule has 0 heteroatoms. The first-order valence-corrected chi connectivity index (χ1v) is 6.72. The van der Waals surface area contributed by atoms with Crippen LogP contribution in [0.15, 0.2) is 12.2 Å². The predicted molar refractivity (Wildman–Crippen MR) is 71.1 cm³/mol. The van der Waals surface area contributed by atoms with E-state index in [1.807, 2.05) is 0 Å². The summed E-state index contributed by atoms with van der Waals surface area (Å²) in [5, 5.41) is 0. The Morgan fingerprint density at radius 1 is 1.13 bits per heavy atom. The second-order valence-electron chi connectivity index (χ2n) is 5.23. The molecule has 0 radical (unpaired) electrons. The van der Waals surface area contributed by atoms with Gasteiger partial charge >= 0.3 is 0 Å². The second kappa shape index (κ2) is 9.00. The normalized spacial score (nSPS) is 16.1. The zero-order chi connectivity index (χ0) is 11.7. The van der Waals surface area contributed by atoms with Crippen molar-refractivity contribution in [3.8, 4) is 0 Å². The molecule has 0 aliphatic carbocycles. The molecule has 0 aromatic carbocycles. The summed E-state index contributed by atoms with van der Waals surface area (Å²) in [4.78, 5) is 0. The highest BCUT2D eigenvalue weighted by atomic mass is 14.2. The molecule has 15 heavy (non-hydrogen) atoms. The van der Waals surface area contributed by atoms with Gasteiger partial charge in [0.15, 0.2) is 0 Å². The van der Waals surface area contributed by atoms with E-state index in [-0.39, 0.29) is 0 Å². The first-order chi connectivity index (χ1) is 7.11. The number of hydrogen-bond acceptors (Lipinski definition) is 0. The summed E-state index contributed by atoms with van der Waals surface area (Å²) < 4.78 is 0. The molecule has 0 aliphatic rings. The Hall–Kier alpha value is -0.260. The predicted octanol–water partition coefficient (Wildman–Crippen LogP) is 5.44. The minimum Gasteiger partial charge on any atom is -0.0917 e. The lowest BCUT2D eigenvalue weighted by molar-refractivity contribution is 0.297. The van der Waals surface area contributed by atoms with Crippen molar-refractivity contribution in [3.63, 3.8) is 0 Å². The molecule has 0 N–H and O–H groups in total.